The van der Waals surface area contributed by atoms with Crippen molar-refractivity contribution in [2.24, 2.45) is 0 Å². The maximum absolute atomic E-state index is 6.22. The highest BCUT2D eigenvalue weighted by molar-refractivity contribution is 9.10. The van der Waals surface area contributed by atoms with Gasteiger partial charge in [-0.05, 0) is 36.0 Å². The van der Waals surface area contributed by atoms with E-state index in [-0.39, 0.29) is 6.04 Å². The molecule has 1 aliphatic rings. The largest absolute Gasteiger partial charge is 0.338 e. The highest BCUT2D eigenvalue weighted by atomic mass is 79.9. The van der Waals surface area contributed by atoms with Gasteiger partial charge in [-0.25, -0.2) is 9.40 Å². The summed E-state index contributed by atoms with van der Waals surface area (Å²) >= 11 is 15.8. The van der Waals surface area contributed by atoms with Crippen LogP contribution in [0.2, 0.25) is 0 Å². The number of halogens is 3. The molecule has 1 saturated heterocycles. The molecule has 0 radical (unpaired) electrons. The molecule has 2 aromatic heterocycles. The zero-order chi connectivity index (χ0) is 16.0. The van der Waals surface area contributed by atoms with E-state index in [1.165, 1.54) is 0 Å². The van der Waals surface area contributed by atoms with Crippen molar-refractivity contribution in [2.75, 3.05) is 30.4 Å². The van der Waals surface area contributed by atoms with Gasteiger partial charge in [-0.1, -0.05) is 15.9 Å². The van der Waals surface area contributed by atoms with E-state index in [0.29, 0.717) is 5.88 Å². The molecular weight excluding hydrogens is 401 g/mol. The molecule has 0 N–H and O–H groups in total. The van der Waals surface area contributed by atoms with Gasteiger partial charge < -0.3 is 4.90 Å². The van der Waals surface area contributed by atoms with Crippen LogP contribution in [0.4, 0.5) is 5.95 Å². The first-order chi connectivity index (χ1) is 11.2. The van der Waals surface area contributed by atoms with Crippen molar-refractivity contribution in [3.63, 3.8) is 0 Å². The number of rotatable bonds is 2. The highest BCUT2D eigenvalue weighted by Gasteiger charge is 2.27. The molecule has 1 unspecified atom stereocenters. The van der Waals surface area contributed by atoms with Gasteiger partial charge in [0.1, 0.15) is 0 Å². The Labute approximate surface area is 152 Å². The number of nitrogens with zero attached hydrogens (tertiary/aromatic N) is 5. The molecule has 3 heterocycles. The minimum absolute atomic E-state index is 0.0973. The monoisotopic (exact) mass is 413 g/mol. The summed E-state index contributed by atoms with van der Waals surface area (Å²) in [5.74, 6) is 1.32. The number of aromatic nitrogens is 3. The predicted molar refractivity (Wildman–Crippen MR) is 97.5 cm³/mol. The third-order valence-corrected chi connectivity index (χ3v) is 5.45. The molecule has 1 atom stereocenters. The first kappa shape index (κ1) is 15.4. The van der Waals surface area contributed by atoms with E-state index >= 15 is 0 Å². The number of anilines is 1. The lowest BCUT2D eigenvalue weighted by Gasteiger charge is -2.37. The number of hydrogen-bond donors (Lipinski definition) is 0. The lowest BCUT2D eigenvalue weighted by Crippen LogP contribution is -2.51. The Morgan fingerprint density at radius 1 is 1.26 bits per heavy atom. The number of hydrogen-bond acceptors (Lipinski definition) is 4. The fourth-order valence-corrected chi connectivity index (χ4v) is 3.88. The van der Waals surface area contributed by atoms with Crippen LogP contribution in [0.15, 0.2) is 34.9 Å². The van der Waals surface area contributed by atoms with Crippen molar-refractivity contribution >= 4 is 61.7 Å². The van der Waals surface area contributed by atoms with Gasteiger partial charge >= 0.3 is 0 Å². The van der Waals surface area contributed by atoms with Crippen molar-refractivity contribution in [2.45, 2.75) is 6.04 Å². The first-order valence-electron chi connectivity index (χ1n) is 7.33. The van der Waals surface area contributed by atoms with Crippen molar-refractivity contribution in [1.29, 1.82) is 0 Å². The van der Waals surface area contributed by atoms with Crippen LogP contribution < -0.4 is 4.90 Å². The van der Waals surface area contributed by atoms with E-state index < -0.39 is 0 Å². The maximum atomic E-state index is 6.22. The minimum atomic E-state index is 0.0973. The Morgan fingerprint density at radius 2 is 2.13 bits per heavy atom. The molecule has 4 rings (SSSR count). The summed E-state index contributed by atoms with van der Waals surface area (Å²) in [5, 5.41) is 5.54. The number of alkyl halides is 1. The smallest absolute Gasteiger partial charge is 0.227 e. The van der Waals surface area contributed by atoms with Crippen LogP contribution in [-0.2, 0) is 0 Å². The maximum Gasteiger partial charge on any atom is 0.227 e. The first-order valence-corrected chi connectivity index (χ1v) is 9.00. The molecule has 8 heteroatoms. The third kappa shape index (κ3) is 2.67. The van der Waals surface area contributed by atoms with Gasteiger partial charge in [0.05, 0.1) is 23.3 Å². The van der Waals surface area contributed by atoms with Crippen LogP contribution in [0.3, 0.4) is 0 Å². The van der Waals surface area contributed by atoms with Crippen LogP contribution in [-0.4, -0.2) is 50.6 Å². The normalized spacial score (nSPS) is 19.8. The average Bonchev–Trinajstić information content (AvgIpc) is 3.05. The van der Waals surface area contributed by atoms with Crippen LogP contribution in [0.5, 0.6) is 0 Å². The fourth-order valence-electron chi connectivity index (χ4n) is 2.98. The summed E-state index contributed by atoms with van der Waals surface area (Å²) in [6.07, 6.45) is 1.80. The van der Waals surface area contributed by atoms with E-state index in [0.717, 1.165) is 46.5 Å². The number of piperazine rings is 1. The molecule has 0 saturated carbocycles. The lowest BCUT2D eigenvalue weighted by atomic mass is 10.2. The molecule has 0 spiro atoms. The molecule has 3 aromatic rings. The summed E-state index contributed by atoms with van der Waals surface area (Å²) in [5.41, 5.74) is 1.99. The summed E-state index contributed by atoms with van der Waals surface area (Å²) in [7, 11) is 0. The van der Waals surface area contributed by atoms with Crippen LogP contribution in [0.1, 0.15) is 0 Å². The summed E-state index contributed by atoms with van der Waals surface area (Å²) in [6.45, 7) is 2.26. The summed E-state index contributed by atoms with van der Waals surface area (Å²) < 4.78 is 4.70. The third-order valence-electron chi connectivity index (χ3n) is 4.16. The summed E-state index contributed by atoms with van der Waals surface area (Å²) in [6, 6.07) is 8.20. The van der Waals surface area contributed by atoms with Crippen LogP contribution >= 0.6 is 39.3 Å². The second-order valence-corrected chi connectivity index (χ2v) is 7.24. The van der Waals surface area contributed by atoms with E-state index in [1.807, 2.05) is 22.7 Å². The van der Waals surface area contributed by atoms with Crippen LogP contribution in [0.25, 0.3) is 16.4 Å². The zero-order valence-corrected chi connectivity index (χ0v) is 15.3. The van der Waals surface area contributed by atoms with Gasteiger partial charge in [-0.2, -0.15) is 9.61 Å². The lowest BCUT2D eigenvalue weighted by molar-refractivity contribution is 0.324. The molecule has 0 bridgehead atoms. The van der Waals surface area contributed by atoms with E-state index in [9.17, 15) is 0 Å². The Kier molecular flexibility index (Phi) is 4.09. The van der Waals surface area contributed by atoms with Crippen molar-refractivity contribution in [3.05, 3.63) is 34.9 Å². The molecular formula is C15H14BrCl2N5. The molecule has 1 aromatic carbocycles. The van der Waals surface area contributed by atoms with Gasteiger partial charge in [0.15, 0.2) is 0 Å². The van der Waals surface area contributed by atoms with Crippen molar-refractivity contribution < 1.29 is 0 Å². The molecule has 0 aliphatic carbocycles. The topological polar surface area (TPSA) is 36.7 Å². The molecule has 23 heavy (non-hydrogen) atoms. The fraction of sp³-hybridized carbons (Fsp3) is 0.333. The Bertz CT molecular complexity index is 868. The van der Waals surface area contributed by atoms with Gasteiger partial charge in [-0.15, -0.1) is 11.6 Å². The van der Waals surface area contributed by atoms with E-state index in [2.05, 4.69) is 32.0 Å². The highest BCUT2D eigenvalue weighted by Crippen LogP contribution is 2.27. The number of fused-ring (bicyclic) bond motifs is 3. The molecule has 0 amide bonds. The Hall–Kier alpha value is -1.08. The van der Waals surface area contributed by atoms with Crippen molar-refractivity contribution in [3.8, 4) is 0 Å². The average molecular weight is 415 g/mol. The van der Waals surface area contributed by atoms with Gasteiger partial charge in [0.2, 0.25) is 5.95 Å². The van der Waals surface area contributed by atoms with Crippen LogP contribution in [0, 0.1) is 0 Å². The molecule has 1 fully saturated rings. The minimum Gasteiger partial charge on any atom is -0.338 e. The Morgan fingerprint density at radius 3 is 2.96 bits per heavy atom. The van der Waals surface area contributed by atoms with Crippen molar-refractivity contribution in [1.82, 2.24) is 19.0 Å². The summed E-state index contributed by atoms with van der Waals surface area (Å²) in [4.78, 5) is 7.04. The SMILES string of the molecule is ClCC1CN(c2nc3ccc(Br)cc3c3ccnn23)CCN1Cl. The molecule has 1 aliphatic heterocycles. The second-order valence-electron chi connectivity index (χ2n) is 5.58. The molecule has 5 nitrogen and oxygen atoms in total. The van der Waals surface area contributed by atoms with E-state index in [4.69, 9.17) is 28.4 Å². The second kappa shape index (κ2) is 6.09. The zero-order valence-electron chi connectivity index (χ0n) is 12.2. The quantitative estimate of drug-likeness (QED) is 0.474. The van der Waals surface area contributed by atoms with E-state index in [1.54, 1.807) is 10.6 Å². The number of benzene rings is 1. The predicted octanol–water partition coefficient (Wildman–Crippen LogP) is 3.53. The van der Waals surface area contributed by atoms with Gasteiger partial charge in [0.25, 0.3) is 0 Å². The standard InChI is InChI=1S/C15H14BrCl2N5/c16-10-1-2-13-12(7-10)14-3-4-19-23(14)15(20-13)21-5-6-22(18)11(8-17)9-21/h1-4,7,11H,5-6,8-9H2. The van der Waals surface area contributed by atoms with Gasteiger partial charge in [0, 0.05) is 35.4 Å². The molecule has 120 valence electrons. The Balaban J connectivity index is 1.86. The van der Waals surface area contributed by atoms with Gasteiger partial charge in [-0.3, -0.25) is 0 Å².